The molecule has 25 heavy (non-hydrogen) atoms. The number of rotatable bonds is 6. The van der Waals surface area contributed by atoms with E-state index in [1.165, 1.54) is 11.8 Å². The molecule has 0 aromatic carbocycles. The summed E-state index contributed by atoms with van der Waals surface area (Å²) in [6.45, 7) is 6.99. The standard InChI is InChI=1S/C16H25N7OS/c1-12(2)15-17-6-9-23(15)10-13-4-7-22(8-5-13)14(24)11-25-16-18-19-20-21(16)3/h6,9,12-13H,4-5,7-8,10-11H2,1-3H3. The molecule has 136 valence electrons. The smallest absolute Gasteiger partial charge is 0.233 e. The molecule has 0 atom stereocenters. The molecule has 1 aliphatic heterocycles. The summed E-state index contributed by atoms with van der Waals surface area (Å²) in [6, 6.07) is 0. The molecule has 1 fully saturated rings. The van der Waals surface area contributed by atoms with Crippen LogP contribution in [0.1, 0.15) is 38.4 Å². The summed E-state index contributed by atoms with van der Waals surface area (Å²) in [5, 5.41) is 11.9. The van der Waals surface area contributed by atoms with Crippen LogP contribution in [-0.4, -0.2) is 59.4 Å². The molecule has 0 unspecified atom stereocenters. The zero-order chi connectivity index (χ0) is 17.8. The van der Waals surface area contributed by atoms with Crippen molar-refractivity contribution in [2.24, 2.45) is 13.0 Å². The lowest BCUT2D eigenvalue weighted by atomic mass is 9.96. The maximum Gasteiger partial charge on any atom is 0.233 e. The zero-order valence-corrected chi connectivity index (χ0v) is 15.8. The number of piperidine rings is 1. The van der Waals surface area contributed by atoms with E-state index in [4.69, 9.17) is 0 Å². The second-order valence-electron chi connectivity index (χ2n) is 6.79. The van der Waals surface area contributed by atoms with Gasteiger partial charge in [-0.2, -0.15) is 0 Å². The highest BCUT2D eigenvalue weighted by atomic mass is 32.2. The van der Waals surface area contributed by atoms with Gasteiger partial charge in [-0.05, 0) is 29.2 Å². The van der Waals surface area contributed by atoms with E-state index in [0.717, 1.165) is 38.3 Å². The van der Waals surface area contributed by atoms with E-state index in [9.17, 15) is 4.79 Å². The highest BCUT2D eigenvalue weighted by Gasteiger charge is 2.24. The van der Waals surface area contributed by atoms with Gasteiger partial charge in [0.2, 0.25) is 11.1 Å². The molecule has 0 N–H and O–H groups in total. The van der Waals surface area contributed by atoms with Gasteiger partial charge in [-0.3, -0.25) is 4.79 Å². The van der Waals surface area contributed by atoms with E-state index in [1.807, 2.05) is 11.1 Å². The van der Waals surface area contributed by atoms with Gasteiger partial charge < -0.3 is 9.47 Å². The Morgan fingerprint density at radius 2 is 2.12 bits per heavy atom. The molecule has 0 aliphatic carbocycles. The Labute approximate surface area is 152 Å². The fourth-order valence-corrected chi connectivity index (χ4v) is 3.93. The number of carbonyl (C=O) groups is 1. The van der Waals surface area contributed by atoms with Crippen LogP contribution in [0.25, 0.3) is 0 Å². The number of tetrazole rings is 1. The summed E-state index contributed by atoms with van der Waals surface area (Å²) >= 11 is 1.39. The van der Waals surface area contributed by atoms with Crippen molar-refractivity contribution in [3.05, 3.63) is 18.2 Å². The van der Waals surface area contributed by atoms with E-state index in [2.05, 4.69) is 45.1 Å². The van der Waals surface area contributed by atoms with Gasteiger partial charge in [0.1, 0.15) is 5.82 Å². The van der Waals surface area contributed by atoms with Crippen molar-refractivity contribution in [3.8, 4) is 0 Å². The third kappa shape index (κ3) is 4.39. The van der Waals surface area contributed by atoms with Crippen LogP contribution in [0, 0.1) is 5.92 Å². The van der Waals surface area contributed by atoms with Crippen LogP contribution in [0.2, 0.25) is 0 Å². The Kier molecular flexibility index (Phi) is 5.72. The predicted octanol–water partition coefficient (Wildman–Crippen LogP) is 1.56. The number of nitrogens with zero attached hydrogens (tertiary/aromatic N) is 7. The van der Waals surface area contributed by atoms with E-state index in [0.29, 0.717) is 22.7 Å². The minimum atomic E-state index is 0.164. The molecule has 3 heterocycles. The first-order valence-electron chi connectivity index (χ1n) is 8.68. The average molecular weight is 363 g/mol. The molecule has 0 spiro atoms. The number of hydrogen-bond donors (Lipinski definition) is 0. The molecule has 0 saturated carbocycles. The normalized spacial score (nSPS) is 15.9. The minimum Gasteiger partial charge on any atom is -0.342 e. The molecule has 2 aromatic heterocycles. The number of likely N-dealkylation sites (tertiary alicyclic amines) is 1. The summed E-state index contributed by atoms with van der Waals surface area (Å²) in [7, 11) is 1.78. The van der Waals surface area contributed by atoms with Crippen molar-refractivity contribution in [1.82, 2.24) is 34.7 Å². The van der Waals surface area contributed by atoms with Gasteiger partial charge in [-0.25, -0.2) is 9.67 Å². The Balaban J connectivity index is 1.46. The summed E-state index contributed by atoms with van der Waals surface area (Å²) in [6.07, 6.45) is 6.03. The van der Waals surface area contributed by atoms with Crippen molar-refractivity contribution in [1.29, 1.82) is 0 Å². The second kappa shape index (κ2) is 7.99. The van der Waals surface area contributed by atoms with Gasteiger partial charge in [0.25, 0.3) is 0 Å². The highest BCUT2D eigenvalue weighted by Crippen LogP contribution is 2.23. The highest BCUT2D eigenvalue weighted by molar-refractivity contribution is 7.99. The molecule has 0 radical (unpaired) electrons. The van der Waals surface area contributed by atoms with Crippen LogP contribution in [0.3, 0.4) is 0 Å². The van der Waals surface area contributed by atoms with Crippen molar-refractivity contribution < 1.29 is 4.79 Å². The van der Waals surface area contributed by atoms with Gasteiger partial charge in [0.05, 0.1) is 5.75 Å². The van der Waals surface area contributed by atoms with Crippen LogP contribution in [0.15, 0.2) is 17.6 Å². The lowest BCUT2D eigenvalue weighted by Gasteiger charge is -2.32. The van der Waals surface area contributed by atoms with Gasteiger partial charge in [0, 0.05) is 45.0 Å². The van der Waals surface area contributed by atoms with Gasteiger partial charge in [-0.15, -0.1) is 5.10 Å². The van der Waals surface area contributed by atoms with Crippen molar-refractivity contribution in [2.45, 2.75) is 44.3 Å². The first kappa shape index (κ1) is 17.9. The van der Waals surface area contributed by atoms with Crippen molar-refractivity contribution in [3.63, 3.8) is 0 Å². The molecule has 0 bridgehead atoms. The SMILES string of the molecule is CC(C)c1nccn1CC1CCN(C(=O)CSc2nnnn2C)CC1. The average Bonchev–Trinajstić information content (AvgIpc) is 3.22. The molecular formula is C16H25N7OS. The molecule has 9 heteroatoms. The summed E-state index contributed by atoms with van der Waals surface area (Å²) in [4.78, 5) is 18.8. The zero-order valence-electron chi connectivity index (χ0n) is 15.0. The van der Waals surface area contributed by atoms with E-state index >= 15 is 0 Å². The van der Waals surface area contributed by atoms with Gasteiger partial charge in [0.15, 0.2) is 0 Å². The Morgan fingerprint density at radius 1 is 1.36 bits per heavy atom. The van der Waals surface area contributed by atoms with Gasteiger partial charge >= 0.3 is 0 Å². The Bertz CT molecular complexity index is 703. The summed E-state index contributed by atoms with van der Waals surface area (Å²) in [5.74, 6) is 2.73. The van der Waals surface area contributed by atoms with Crippen LogP contribution in [-0.2, 0) is 18.4 Å². The first-order valence-corrected chi connectivity index (χ1v) is 9.67. The van der Waals surface area contributed by atoms with E-state index in [1.54, 1.807) is 11.7 Å². The fourth-order valence-electron chi connectivity index (χ4n) is 3.18. The number of carbonyl (C=O) groups excluding carboxylic acids is 1. The lowest BCUT2D eigenvalue weighted by Crippen LogP contribution is -2.40. The molecule has 2 aromatic rings. The number of imidazole rings is 1. The molecule has 3 rings (SSSR count). The maximum atomic E-state index is 12.4. The van der Waals surface area contributed by atoms with Gasteiger partial charge in [-0.1, -0.05) is 25.6 Å². The third-order valence-corrected chi connectivity index (χ3v) is 5.59. The topological polar surface area (TPSA) is 81.7 Å². The predicted molar refractivity (Wildman–Crippen MR) is 95.1 cm³/mol. The van der Waals surface area contributed by atoms with E-state index in [-0.39, 0.29) is 5.91 Å². The third-order valence-electron chi connectivity index (χ3n) is 4.59. The first-order chi connectivity index (χ1) is 12.0. The number of aromatic nitrogens is 6. The van der Waals surface area contributed by atoms with Crippen LogP contribution < -0.4 is 0 Å². The summed E-state index contributed by atoms with van der Waals surface area (Å²) in [5.41, 5.74) is 0. The summed E-state index contributed by atoms with van der Waals surface area (Å²) < 4.78 is 3.85. The molecular weight excluding hydrogens is 338 g/mol. The van der Waals surface area contributed by atoms with E-state index < -0.39 is 0 Å². The monoisotopic (exact) mass is 363 g/mol. The van der Waals surface area contributed by atoms with Crippen molar-refractivity contribution >= 4 is 17.7 Å². The number of aryl methyl sites for hydroxylation is 1. The molecule has 1 aliphatic rings. The maximum absolute atomic E-state index is 12.4. The largest absolute Gasteiger partial charge is 0.342 e. The molecule has 1 amide bonds. The quantitative estimate of drug-likeness (QED) is 0.725. The number of amides is 1. The fraction of sp³-hybridized carbons (Fsp3) is 0.688. The Morgan fingerprint density at radius 3 is 2.76 bits per heavy atom. The minimum absolute atomic E-state index is 0.164. The van der Waals surface area contributed by atoms with Crippen LogP contribution in [0.5, 0.6) is 0 Å². The van der Waals surface area contributed by atoms with Crippen LogP contribution >= 0.6 is 11.8 Å². The Hall–Kier alpha value is -1.90. The molecule has 1 saturated heterocycles. The second-order valence-corrected chi connectivity index (χ2v) is 7.73. The van der Waals surface area contributed by atoms with Crippen molar-refractivity contribution in [2.75, 3.05) is 18.8 Å². The number of hydrogen-bond acceptors (Lipinski definition) is 6. The molecule has 8 nitrogen and oxygen atoms in total. The van der Waals surface area contributed by atoms with Crippen LogP contribution in [0.4, 0.5) is 0 Å². The lowest BCUT2D eigenvalue weighted by molar-refractivity contribution is -0.129. The number of thioether (sulfide) groups is 1.